The number of hydrogen-bond acceptors (Lipinski definition) is 4. The number of hydrogen-bond donors (Lipinski definition) is 0. The molecule has 5 nitrogen and oxygen atoms in total. The molecule has 0 saturated carbocycles. The molecule has 6 heteroatoms. The second kappa shape index (κ2) is 10.2. The van der Waals surface area contributed by atoms with Crippen molar-refractivity contribution in [1.29, 1.82) is 5.26 Å². The number of benzene rings is 3. The molecular weight excluding hydrogens is 443 g/mol. The van der Waals surface area contributed by atoms with Crippen LogP contribution in [0.15, 0.2) is 95.6 Å². The number of carbonyl (C=O) groups excluding carboxylic acids is 2. The van der Waals surface area contributed by atoms with Gasteiger partial charge in [-0.25, -0.2) is 4.39 Å². The number of ether oxygens (including phenoxy) is 1. The average Bonchev–Trinajstić information content (AvgIpc) is 2.88. The van der Waals surface area contributed by atoms with Gasteiger partial charge in [-0.15, -0.1) is 0 Å². The lowest BCUT2D eigenvalue weighted by molar-refractivity contribution is -0.143. The van der Waals surface area contributed by atoms with E-state index < -0.39 is 17.9 Å². The number of amides is 2. The summed E-state index contributed by atoms with van der Waals surface area (Å²) in [5.41, 5.74) is 2.97. The molecule has 0 saturated heterocycles. The molecule has 1 atom stereocenters. The summed E-state index contributed by atoms with van der Waals surface area (Å²) in [5.74, 6) is -0.718. The zero-order chi connectivity index (χ0) is 24.9. The Bertz CT molecular complexity index is 1350. The molecule has 0 radical (unpaired) electrons. The fourth-order valence-electron chi connectivity index (χ4n) is 3.91. The maximum absolute atomic E-state index is 13.4. The van der Waals surface area contributed by atoms with Gasteiger partial charge in [-0.05, 0) is 66.5 Å². The third kappa shape index (κ3) is 5.04. The summed E-state index contributed by atoms with van der Waals surface area (Å²) in [6, 6.07) is 23.9. The Hall–Kier alpha value is -4.50. The Morgan fingerprint density at radius 1 is 0.971 bits per heavy atom. The lowest BCUT2D eigenvalue weighted by Gasteiger charge is -2.32. The van der Waals surface area contributed by atoms with Crippen LogP contribution in [-0.2, 0) is 16.2 Å². The smallest absolute Gasteiger partial charge is 0.272 e. The average molecular weight is 467 g/mol. The molecule has 0 aliphatic carbocycles. The molecule has 4 rings (SSSR count). The standard InChI is InChI=1S/C29H23FN2O3/c1-19-26(16-21-10-14-25(15-11-21)35-18-22-8-12-24(30)13-9-22)28(33)32(29(34)27(19)17-31)20(2)23-6-4-3-5-7-23/h3-16,20H,18H2,1-2H3/b26-16+. The summed E-state index contributed by atoms with van der Waals surface area (Å²) in [6.45, 7) is 3.68. The molecular formula is C29H23FN2O3. The van der Waals surface area contributed by atoms with Crippen molar-refractivity contribution in [3.05, 3.63) is 118 Å². The molecule has 1 unspecified atom stereocenters. The molecule has 1 aliphatic heterocycles. The molecule has 35 heavy (non-hydrogen) atoms. The van der Waals surface area contributed by atoms with Crippen LogP contribution in [0.5, 0.6) is 5.75 Å². The highest BCUT2D eigenvalue weighted by Gasteiger charge is 2.38. The van der Waals surface area contributed by atoms with Crippen molar-refractivity contribution in [3.8, 4) is 11.8 Å². The summed E-state index contributed by atoms with van der Waals surface area (Å²) in [5, 5.41) is 9.65. The fraction of sp³-hybridized carbons (Fsp3) is 0.138. The zero-order valence-corrected chi connectivity index (χ0v) is 19.4. The van der Waals surface area contributed by atoms with E-state index in [0.717, 1.165) is 21.6 Å². The lowest BCUT2D eigenvalue weighted by Crippen LogP contribution is -2.44. The van der Waals surface area contributed by atoms with E-state index in [1.807, 2.05) is 36.4 Å². The summed E-state index contributed by atoms with van der Waals surface area (Å²) in [4.78, 5) is 27.6. The number of nitrogens with zero attached hydrogens (tertiary/aromatic N) is 2. The van der Waals surface area contributed by atoms with Crippen LogP contribution in [0.1, 0.15) is 36.6 Å². The summed E-state index contributed by atoms with van der Waals surface area (Å²) < 4.78 is 18.8. The highest BCUT2D eigenvalue weighted by molar-refractivity contribution is 6.19. The molecule has 3 aromatic rings. The van der Waals surface area contributed by atoms with Gasteiger partial charge in [0.2, 0.25) is 0 Å². The van der Waals surface area contributed by atoms with Crippen molar-refractivity contribution < 1.29 is 18.7 Å². The fourth-order valence-corrected chi connectivity index (χ4v) is 3.91. The number of rotatable bonds is 6. The van der Waals surface area contributed by atoms with E-state index >= 15 is 0 Å². The van der Waals surface area contributed by atoms with Gasteiger partial charge in [0.25, 0.3) is 11.8 Å². The molecule has 0 N–H and O–H groups in total. The minimum atomic E-state index is -0.590. The maximum atomic E-state index is 13.4. The minimum absolute atomic E-state index is 0.0436. The van der Waals surface area contributed by atoms with Crippen LogP contribution in [0.25, 0.3) is 6.08 Å². The van der Waals surface area contributed by atoms with Crippen LogP contribution in [-0.4, -0.2) is 16.7 Å². The van der Waals surface area contributed by atoms with Gasteiger partial charge in [-0.1, -0.05) is 54.6 Å². The van der Waals surface area contributed by atoms with Crippen molar-refractivity contribution in [2.45, 2.75) is 26.5 Å². The molecule has 3 aromatic carbocycles. The van der Waals surface area contributed by atoms with E-state index in [4.69, 9.17) is 4.74 Å². The van der Waals surface area contributed by atoms with Crippen molar-refractivity contribution in [1.82, 2.24) is 4.90 Å². The Labute approximate surface area is 203 Å². The lowest BCUT2D eigenvalue weighted by atomic mass is 9.91. The largest absolute Gasteiger partial charge is 0.489 e. The summed E-state index contributed by atoms with van der Waals surface area (Å²) in [7, 11) is 0. The van der Waals surface area contributed by atoms with Crippen LogP contribution in [0, 0.1) is 17.1 Å². The van der Waals surface area contributed by atoms with E-state index in [9.17, 15) is 19.2 Å². The Morgan fingerprint density at radius 3 is 2.26 bits per heavy atom. The van der Waals surface area contributed by atoms with Crippen molar-refractivity contribution >= 4 is 17.9 Å². The van der Waals surface area contributed by atoms with Crippen molar-refractivity contribution in [2.75, 3.05) is 0 Å². The van der Waals surface area contributed by atoms with Gasteiger partial charge in [-0.3, -0.25) is 14.5 Å². The second-order valence-corrected chi connectivity index (χ2v) is 8.22. The van der Waals surface area contributed by atoms with Gasteiger partial charge in [0.15, 0.2) is 0 Å². The van der Waals surface area contributed by atoms with Crippen molar-refractivity contribution in [2.24, 2.45) is 0 Å². The van der Waals surface area contributed by atoms with Crippen LogP contribution in [0.2, 0.25) is 0 Å². The van der Waals surface area contributed by atoms with Crippen LogP contribution in [0.3, 0.4) is 0 Å². The first-order valence-corrected chi connectivity index (χ1v) is 11.1. The SMILES string of the molecule is CC1=C(C#N)C(=O)N(C(C)c2ccccc2)C(=O)/C1=C/c1ccc(OCc2ccc(F)cc2)cc1. The molecule has 0 spiro atoms. The summed E-state index contributed by atoms with van der Waals surface area (Å²) in [6.07, 6.45) is 1.68. The van der Waals surface area contributed by atoms with Crippen LogP contribution in [0.4, 0.5) is 4.39 Å². The molecule has 0 fully saturated rings. The first-order chi connectivity index (χ1) is 16.9. The molecule has 0 bridgehead atoms. The number of halogens is 1. The minimum Gasteiger partial charge on any atom is -0.489 e. The molecule has 174 valence electrons. The second-order valence-electron chi connectivity index (χ2n) is 8.22. The maximum Gasteiger partial charge on any atom is 0.272 e. The Morgan fingerprint density at radius 2 is 1.63 bits per heavy atom. The first kappa shape index (κ1) is 23.7. The molecule has 2 amide bonds. The third-order valence-electron chi connectivity index (χ3n) is 5.95. The van der Waals surface area contributed by atoms with Gasteiger partial charge in [0, 0.05) is 5.57 Å². The highest BCUT2D eigenvalue weighted by Crippen LogP contribution is 2.33. The van der Waals surface area contributed by atoms with E-state index in [1.54, 1.807) is 56.3 Å². The van der Waals surface area contributed by atoms with Crippen molar-refractivity contribution in [3.63, 3.8) is 0 Å². The van der Waals surface area contributed by atoms with Gasteiger partial charge in [-0.2, -0.15) is 5.26 Å². The Balaban J connectivity index is 1.59. The normalized spacial score (nSPS) is 15.8. The van der Waals surface area contributed by atoms with E-state index in [0.29, 0.717) is 23.5 Å². The van der Waals surface area contributed by atoms with Gasteiger partial charge >= 0.3 is 0 Å². The summed E-state index contributed by atoms with van der Waals surface area (Å²) >= 11 is 0. The van der Waals surface area contributed by atoms with Crippen LogP contribution < -0.4 is 4.74 Å². The van der Waals surface area contributed by atoms with Gasteiger partial charge in [0.05, 0.1) is 6.04 Å². The number of nitriles is 1. The van der Waals surface area contributed by atoms with Gasteiger partial charge < -0.3 is 4.74 Å². The first-order valence-electron chi connectivity index (χ1n) is 11.1. The molecule has 1 heterocycles. The topological polar surface area (TPSA) is 70.4 Å². The molecule has 0 aromatic heterocycles. The van der Waals surface area contributed by atoms with Gasteiger partial charge in [0.1, 0.15) is 29.8 Å². The van der Waals surface area contributed by atoms with E-state index in [-0.39, 0.29) is 11.4 Å². The number of carbonyl (C=O) groups is 2. The highest BCUT2D eigenvalue weighted by atomic mass is 19.1. The van der Waals surface area contributed by atoms with E-state index in [1.165, 1.54) is 12.1 Å². The monoisotopic (exact) mass is 466 g/mol. The predicted octanol–water partition coefficient (Wildman–Crippen LogP) is 5.76. The van der Waals surface area contributed by atoms with Crippen LogP contribution >= 0.6 is 0 Å². The third-order valence-corrected chi connectivity index (χ3v) is 5.95. The zero-order valence-electron chi connectivity index (χ0n) is 19.4. The Kier molecular flexibility index (Phi) is 6.88. The number of imide groups is 1. The molecule has 1 aliphatic rings. The predicted molar refractivity (Wildman–Crippen MR) is 130 cm³/mol. The quantitative estimate of drug-likeness (QED) is 0.342. The van der Waals surface area contributed by atoms with E-state index in [2.05, 4.69) is 0 Å².